The van der Waals surface area contributed by atoms with Crippen LogP contribution in [-0.4, -0.2) is 10.9 Å². The van der Waals surface area contributed by atoms with Crippen LogP contribution in [0.2, 0.25) is 0 Å². The Morgan fingerprint density at radius 2 is 2.24 bits per heavy atom. The molecule has 0 fully saturated rings. The van der Waals surface area contributed by atoms with Gasteiger partial charge in [0.1, 0.15) is 5.82 Å². The normalized spacial score (nSPS) is 16.6. The van der Waals surface area contributed by atoms with Crippen LogP contribution in [0.3, 0.4) is 0 Å². The van der Waals surface area contributed by atoms with E-state index in [1.807, 2.05) is 25.1 Å². The molecular formula is C17H17FN2O. The van der Waals surface area contributed by atoms with E-state index >= 15 is 0 Å². The molecule has 0 aliphatic heterocycles. The summed E-state index contributed by atoms with van der Waals surface area (Å²) in [6.45, 7) is 1.91. The second-order valence-electron chi connectivity index (χ2n) is 5.45. The van der Waals surface area contributed by atoms with Crippen molar-refractivity contribution < 1.29 is 9.18 Å². The van der Waals surface area contributed by atoms with Crippen molar-refractivity contribution in [1.82, 2.24) is 10.3 Å². The molecule has 3 nitrogen and oxygen atoms in total. The highest BCUT2D eigenvalue weighted by molar-refractivity contribution is 5.79. The van der Waals surface area contributed by atoms with Crippen LogP contribution in [0.5, 0.6) is 0 Å². The number of fused-ring (bicyclic) bond motifs is 1. The van der Waals surface area contributed by atoms with Crippen LogP contribution in [0, 0.1) is 12.7 Å². The fourth-order valence-corrected chi connectivity index (χ4v) is 2.79. The van der Waals surface area contributed by atoms with Gasteiger partial charge >= 0.3 is 0 Å². The maximum Gasteiger partial charge on any atom is 0.224 e. The van der Waals surface area contributed by atoms with E-state index in [0.717, 1.165) is 28.8 Å². The molecule has 1 atom stereocenters. The van der Waals surface area contributed by atoms with Crippen LogP contribution >= 0.6 is 0 Å². The van der Waals surface area contributed by atoms with Gasteiger partial charge in [0.25, 0.3) is 0 Å². The van der Waals surface area contributed by atoms with Crippen molar-refractivity contribution in [3.05, 3.63) is 64.7 Å². The molecule has 0 saturated heterocycles. The minimum atomic E-state index is -0.174. The van der Waals surface area contributed by atoms with Crippen molar-refractivity contribution in [2.24, 2.45) is 0 Å². The number of nitrogens with zero attached hydrogens (tertiary/aromatic N) is 1. The molecule has 1 aromatic heterocycles. The molecule has 1 aliphatic carbocycles. The largest absolute Gasteiger partial charge is 0.349 e. The number of carbonyl (C=O) groups excluding carboxylic acids is 1. The number of pyridine rings is 1. The van der Waals surface area contributed by atoms with Gasteiger partial charge in [-0.05, 0) is 48.6 Å². The number of halogens is 1. The van der Waals surface area contributed by atoms with E-state index in [9.17, 15) is 9.18 Å². The van der Waals surface area contributed by atoms with Gasteiger partial charge in [-0.25, -0.2) is 4.39 Å². The molecule has 0 bridgehead atoms. The lowest BCUT2D eigenvalue weighted by molar-refractivity contribution is -0.121. The third-order valence-electron chi connectivity index (χ3n) is 3.89. The molecular weight excluding hydrogens is 267 g/mol. The molecule has 1 heterocycles. The van der Waals surface area contributed by atoms with E-state index in [4.69, 9.17) is 0 Å². The summed E-state index contributed by atoms with van der Waals surface area (Å²) in [7, 11) is 0. The first-order valence-corrected chi connectivity index (χ1v) is 7.11. The average molecular weight is 284 g/mol. The maximum atomic E-state index is 13.7. The summed E-state index contributed by atoms with van der Waals surface area (Å²) in [5, 5.41) is 2.99. The summed E-state index contributed by atoms with van der Waals surface area (Å²) in [4.78, 5) is 16.3. The summed E-state index contributed by atoms with van der Waals surface area (Å²) >= 11 is 0. The summed E-state index contributed by atoms with van der Waals surface area (Å²) < 4.78 is 13.7. The van der Waals surface area contributed by atoms with Crippen LogP contribution in [0.15, 0.2) is 36.5 Å². The molecule has 1 unspecified atom stereocenters. The van der Waals surface area contributed by atoms with E-state index in [1.165, 1.54) is 6.07 Å². The first kappa shape index (κ1) is 13.7. The molecule has 3 rings (SSSR count). The summed E-state index contributed by atoms with van der Waals surface area (Å²) in [5.41, 5.74) is 3.46. The number of hydrogen-bond acceptors (Lipinski definition) is 2. The fourth-order valence-electron chi connectivity index (χ4n) is 2.79. The topological polar surface area (TPSA) is 42.0 Å². The van der Waals surface area contributed by atoms with E-state index < -0.39 is 0 Å². The Morgan fingerprint density at radius 3 is 3.00 bits per heavy atom. The number of hydrogen-bond donors (Lipinski definition) is 1. The third kappa shape index (κ3) is 2.94. The maximum absolute atomic E-state index is 13.7. The van der Waals surface area contributed by atoms with E-state index in [1.54, 1.807) is 12.3 Å². The van der Waals surface area contributed by atoms with Gasteiger partial charge in [-0.1, -0.05) is 18.2 Å². The van der Waals surface area contributed by atoms with Gasteiger partial charge in [-0.15, -0.1) is 0 Å². The first-order chi connectivity index (χ1) is 10.1. The smallest absolute Gasteiger partial charge is 0.224 e. The van der Waals surface area contributed by atoms with Crippen LogP contribution < -0.4 is 5.32 Å². The van der Waals surface area contributed by atoms with Crippen molar-refractivity contribution >= 4 is 5.91 Å². The number of rotatable bonds is 3. The van der Waals surface area contributed by atoms with Crippen LogP contribution in [0.4, 0.5) is 4.39 Å². The first-order valence-electron chi connectivity index (χ1n) is 7.11. The number of nitrogens with one attached hydrogen (secondary N) is 1. The molecule has 1 amide bonds. The van der Waals surface area contributed by atoms with Crippen molar-refractivity contribution in [2.75, 3.05) is 0 Å². The van der Waals surface area contributed by atoms with Crippen LogP contribution in [0.25, 0.3) is 0 Å². The summed E-state index contributed by atoms with van der Waals surface area (Å²) in [6, 6.07) is 8.78. The Kier molecular flexibility index (Phi) is 3.69. The number of aromatic nitrogens is 1. The van der Waals surface area contributed by atoms with Crippen molar-refractivity contribution in [2.45, 2.75) is 32.2 Å². The number of amides is 1. The Bertz CT molecular complexity index is 667. The highest BCUT2D eigenvalue weighted by Gasteiger charge is 2.25. The van der Waals surface area contributed by atoms with Crippen molar-refractivity contribution in [3.8, 4) is 0 Å². The molecule has 21 heavy (non-hydrogen) atoms. The Morgan fingerprint density at radius 1 is 1.38 bits per heavy atom. The molecule has 4 heteroatoms. The zero-order valence-electron chi connectivity index (χ0n) is 11.9. The molecule has 108 valence electrons. The SMILES string of the molecule is Cc1ccc(CC(=O)NC2CCc3c(F)cccc32)cn1. The lowest BCUT2D eigenvalue weighted by Crippen LogP contribution is -2.28. The van der Waals surface area contributed by atoms with E-state index in [0.29, 0.717) is 12.8 Å². The summed E-state index contributed by atoms with van der Waals surface area (Å²) in [5.74, 6) is -0.227. The third-order valence-corrected chi connectivity index (χ3v) is 3.89. The molecule has 1 aliphatic rings. The lowest BCUT2D eigenvalue weighted by Gasteiger charge is -2.14. The Balaban J connectivity index is 1.67. The van der Waals surface area contributed by atoms with Crippen LogP contribution in [-0.2, 0) is 17.6 Å². The zero-order valence-corrected chi connectivity index (χ0v) is 11.9. The van der Waals surface area contributed by atoms with Gasteiger partial charge in [0.15, 0.2) is 0 Å². The van der Waals surface area contributed by atoms with Gasteiger partial charge < -0.3 is 5.32 Å². The lowest BCUT2D eigenvalue weighted by atomic mass is 10.1. The second-order valence-corrected chi connectivity index (χ2v) is 5.45. The predicted molar refractivity (Wildman–Crippen MR) is 78.3 cm³/mol. The van der Waals surface area contributed by atoms with Gasteiger partial charge in [0, 0.05) is 11.9 Å². The highest BCUT2D eigenvalue weighted by atomic mass is 19.1. The van der Waals surface area contributed by atoms with Gasteiger partial charge in [-0.3, -0.25) is 9.78 Å². The minimum absolute atomic E-state index is 0.0530. The van der Waals surface area contributed by atoms with E-state index in [2.05, 4.69) is 10.3 Å². The predicted octanol–water partition coefficient (Wildman–Crippen LogP) is 2.88. The fraction of sp³-hybridized carbons (Fsp3) is 0.294. The summed E-state index contributed by atoms with van der Waals surface area (Å²) in [6.07, 6.45) is 3.46. The number of aryl methyl sites for hydroxylation is 1. The molecule has 1 N–H and O–H groups in total. The Hall–Kier alpha value is -2.23. The van der Waals surface area contributed by atoms with Crippen molar-refractivity contribution in [3.63, 3.8) is 0 Å². The molecule has 0 saturated carbocycles. The molecule has 2 aromatic rings. The Labute approximate surface area is 123 Å². The number of carbonyl (C=O) groups is 1. The quantitative estimate of drug-likeness (QED) is 0.941. The molecule has 1 aromatic carbocycles. The highest BCUT2D eigenvalue weighted by Crippen LogP contribution is 2.32. The average Bonchev–Trinajstić information content (AvgIpc) is 2.86. The number of benzene rings is 1. The van der Waals surface area contributed by atoms with Crippen LogP contribution in [0.1, 0.15) is 34.8 Å². The standard InChI is InChI=1S/C17H17FN2O/c1-11-5-6-12(10-19-11)9-17(21)20-16-8-7-13-14(16)3-2-4-15(13)18/h2-6,10,16H,7-9H2,1H3,(H,20,21). The van der Waals surface area contributed by atoms with Gasteiger partial charge in [0.2, 0.25) is 5.91 Å². The van der Waals surface area contributed by atoms with Crippen molar-refractivity contribution in [1.29, 1.82) is 0 Å². The monoisotopic (exact) mass is 284 g/mol. The molecule has 0 spiro atoms. The minimum Gasteiger partial charge on any atom is -0.349 e. The van der Waals surface area contributed by atoms with E-state index in [-0.39, 0.29) is 17.8 Å². The van der Waals surface area contributed by atoms with Gasteiger partial charge in [-0.2, -0.15) is 0 Å². The zero-order chi connectivity index (χ0) is 14.8. The molecule has 0 radical (unpaired) electrons. The van der Waals surface area contributed by atoms with Gasteiger partial charge in [0.05, 0.1) is 12.5 Å². The second kappa shape index (κ2) is 5.64.